The SMILES string of the molecule is c1cncc(-c2cc(-c3cccnc3)cc(-c3ccc4ccc5c(-c6cncc7ccccc67)ccc6ccc3c4c65)c2)c1. The molecular weight excluding hydrogens is 534 g/mol. The lowest BCUT2D eigenvalue weighted by molar-refractivity contribution is 1.32. The molecule has 0 radical (unpaired) electrons. The smallest absolute Gasteiger partial charge is 0.0353 e. The Morgan fingerprint density at radius 2 is 0.909 bits per heavy atom. The zero-order chi connectivity index (χ0) is 29.0. The summed E-state index contributed by atoms with van der Waals surface area (Å²) in [5.41, 5.74) is 9.18. The fourth-order valence-electron chi connectivity index (χ4n) is 6.80. The molecular formula is C41H25N3. The second-order valence-electron chi connectivity index (χ2n) is 11.3. The number of rotatable bonds is 4. The fourth-order valence-corrected chi connectivity index (χ4v) is 6.80. The van der Waals surface area contributed by atoms with Gasteiger partial charge in [0.2, 0.25) is 0 Å². The van der Waals surface area contributed by atoms with Crippen LogP contribution >= 0.6 is 0 Å². The highest BCUT2D eigenvalue weighted by molar-refractivity contribution is 6.28. The molecule has 44 heavy (non-hydrogen) atoms. The number of hydrogen-bond acceptors (Lipinski definition) is 3. The molecule has 0 unspecified atom stereocenters. The zero-order valence-electron chi connectivity index (χ0n) is 23.8. The molecule has 9 rings (SSSR count). The summed E-state index contributed by atoms with van der Waals surface area (Å²) in [6.45, 7) is 0. The standard InChI is InChI=1S/C41H25N3/c1-2-8-34-30(5-1)24-44-25-39(34)36-14-10-27-11-15-37-35(13-9-26-12-16-38(36)41(27)40(26)37)33-20-31(28-6-3-17-42-22-28)19-32(21-33)29-7-4-18-43-23-29/h1-25H. The number of fused-ring (bicyclic) bond motifs is 1. The molecule has 0 fully saturated rings. The summed E-state index contributed by atoms with van der Waals surface area (Å²) in [5.74, 6) is 0. The van der Waals surface area contributed by atoms with Crippen molar-refractivity contribution in [2.45, 2.75) is 0 Å². The first kappa shape index (κ1) is 24.6. The van der Waals surface area contributed by atoms with Crippen LogP contribution in [0.25, 0.3) is 87.6 Å². The number of benzene rings is 6. The van der Waals surface area contributed by atoms with Crippen LogP contribution in [0, 0.1) is 0 Å². The third-order valence-electron chi connectivity index (χ3n) is 8.86. The molecule has 0 aliphatic carbocycles. The maximum atomic E-state index is 4.61. The maximum Gasteiger partial charge on any atom is 0.0353 e. The fraction of sp³-hybridized carbons (Fsp3) is 0. The van der Waals surface area contributed by atoms with E-state index in [0.717, 1.165) is 33.2 Å². The Morgan fingerprint density at radius 3 is 1.57 bits per heavy atom. The molecule has 0 spiro atoms. The predicted octanol–water partition coefficient (Wildman–Crippen LogP) is 10.6. The Bertz CT molecular complexity index is 2420. The van der Waals surface area contributed by atoms with Crippen molar-refractivity contribution in [2.75, 3.05) is 0 Å². The van der Waals surface area contributed by atoms with Crippen molar-refractivity contribution in [2.24, 2.45) is 0 Å². The van der Waals surface area contributed by atoms with E-state index in [1.807, 2.05) is 49.3 Å². The molecule has 0 saturated heterocycles. The molecule has 3 nitrogen and oxygen atoms in total. The highest BCUT2D eigenvalue weighted by Gasteiger charge is 2.17. The molecule has 0 amide bonds. The van der Waals surface area contributed by atoms with Gasteiger partial charge in [-0.3, -0.25) is 15.0 Å². The number of pyridine rings is 3. The van der Waals surface area contributed by atoms with Gasteiger partial charge < -0.3 is 0 Å². The van der Waals surface area contributed by atoms with Gasteiger partial charge in [-0.1, -0.05) is 84.9 Å². The van der Waals surface area contributed by atoms with Crippen molar-refractivity contribution in [1.29, 1.82) is 0 Å². The topological polar surface area (TPSA) is 38.7 Å². The van der Waals surface area contributed by atoms with Crippen LogP contribution in [0.1, 0.15) is 0 Å². The van der Waals surface area contributed by atoms with Crippen LogP contribution in [0.5, 0.6) is 0 Å². The molecule has 0 aliphatic rings. The van der Waals surface area contributed by atoms with E-state index in [1.165, 1.54) is 54.4 Å². The van der Waals surface area contributed by atoms with Crippen LogP contribution in [0.15, 0.2) is 152 Å². The summed E-state index contributed by atoms with van der Waals surface area (Å²) in [7, 11) is 0. The van der Waals surface area contributed by atoms with Gasteiger partial charge in [0.25, 0.3) is 0 Å². The Morgan fingerprint density at radius 1 is 0.318 bits per heavy atom. The third kappa shape index (κ3) is 3.87. The van der Waals surface area contributed by atoms with E-state index in [2.05, 4.69) is 118 Å². The highest BCUT2D eigenvalue weighted by Crippen LogP contribution is 2.44. The lowest BCUT2D eigenvalue weighted by Crippen LogP contribution is -1.91. The second-order valence-corrected chi connectivity index (χ2v) is 11.3. The molecule has 0 saturated carbocycles. The van der Waals surface area contributed by atoms with Crippen LogP contribution in [-0.2, 0) is 0 Å². The molecule has 0 aliphatic heterocycles. The summed E-state index contributed by atoms with van der Waals surface area (Å²) in [4.78, 5) is 13.4. The summed E-state index contributed by atoms with van der Waals surface area (Å²) in [6, 6.07) is 41.7. The first-order valence-electron chi connectivity index (χ1n) is 14.8. The van der Waals surface area contributed by atoms with Gasteiger partial charge in [-0.2, -0.15) is 0 Å². The average molecular weight is 560 g/mol. The van der Waals surface area contributed by atoms with E-state index >= 15 is 0 Å². The predicted molar refractivity (Wildman–Crippen MR) is 183 cm³/mol. The molecule has 6 aromatic carbocycles. The number of hydrogen-bond donors (Lipinski definition) is 0. The van der Waals surface area contributed by atoms with Crippen LogP contribution < -0.4 is 0 Å². The Labute approximate surface area is 254 Å². The molecule has 3 heteroatoms. The minimum atomic E-state index is 1.09. The van der Waals surface area contributed by atoms with Gasteiger partial charge in [0.15, 0.2) is 0 Å². The van der Waals surface area contributed by atoms with E-state index < -0.39 is 0 Å². The lowest BCUT2D eigenvalue weighted by Gasteiger charge is -2.18. The molecule has 9 aromatic rings. The molecule has 0 bridgehead atoms. The Kier molecular flexibility index (Phi) is 5.50. The van der Waals surface area contributed by atoms with Gasteiger partial charge in [0.1, 0.15) is 0 Å². The highest BCUT2D eigenvalue weighted by atomic mass is 14.6. The molecule has 3 heterocycles. The molecule has 3 aromatic heterocycles. The summed E-state index contributed by atoms with van der Waals surface area (Å²) < 4.78 is 0. The van der Waals surface area contributed by atoms with Gasteiger partial charge in [-0.05, 0) is 95.9 Å². The largest absolute Gasteiger partial charge is 0.264 e. The number of nitrogens with zero attached hydrogens (tertiary/aromatic N) is 3. The van der Waals surface area contributed by atoms with Gasteiger partial charge in [-0.15, -0.1) is 0 Å². The third-order valence-corrected chi connectivity index (χ3v) is 8.86. The van der Waals surface area contributed by atoms with Crippen LogP contribution in [-0.4, -0.2) is 15.0 Å². The van der Waals surface area contributed by atoms with Gasteiger partial charge in [0.05, 0.1) is 0 Å². The first-order valence-corrected chi connectivity index (χ1v) is 14.8. The van der Waals surface area contributed by atoms with Crippen molar-refractivity contribution in [3.63, 3.8) is 0 Å². The minimum Gasteiger partial charge on any atom is -0.264 e. The van der Waals surface area contributed by atoms with Crippen molar-refractivity contribution in [3.8, 4) is 44.5 Å². The van der Waals surface area contributed by atoms with Crippen LogP contribution in [0.4, 0.5) is 0 Å². The zero-order valence-corrected chi connectivity index (χ0v) is 23.8. The Balaban J connectivity index is 1.32. The molecule has 0 atom stereocenters. The second kappa shape index (κ2) is 9.82. The quantitative estimate of drug-likeness (QED) is 0.201. The Hall–Kier alpha value is -5.93. The number of aromatic nitrogens is 3. The van der Waals surface area contributed by atoms with E-state index in [0.29, 0.717) is 0 Å². The van der Waals surface area contributed by atoms with E-state index in [4.69, 9.17) is 0 Å². The van der Waals surface area contributed by atoms with E-state index in [-0.39, 0.29) is 0 Å². The van der Waals surface area contributed by atoms with Gasteiger partial charge in [0, 0.05) is 59.3 Å². The molecule has 204 valence electrons. The summed E-state index contributed by atoms with van der Waals surface area (Å²) >= 11 is 0. The van der Waals surface area contributed by atoms with Crippen molar-refractivity contribution >= 4 is 43.1 Å². The minimum absolute atomic E-state index is 1.09. The van der Waals surface area contributed by atoms with Crippen molar-refractivity contribution in [3.05, 3.63) is 152 Å². The first-order chi connectivity index (χ1) is 21.8. The van der Waals surface area contributed by atoms with Crippen molar-refractivity contribution < 1.29 is 0 Å². The molecule has 0 N–H and O–H groups in total. The summed E-state index contributed by atoms with van der Waals surface area (Å²) in [6.07, 6.45) is 11.4. The normalized spacial score (nSPS) is 11.6. The van der Waals surface area contributed by atoms with Crippen LogP contribution in [0.3, 0.4) is 0 Å². The average Bonchev–Trinajstić information content (AvgIpc) is 3.11. The van der Waals surface area contributed by atoms with Crippen LogP contribution in [0.2, 0.25) is 0 Å². The van der Waals surface area contributed by atoms with Gasteiger partial charge in [-0.25, -0.2) is 0 Å². The monoisotopic (exact) mass is 559 g/mol. The van der Waals surface area contributed by atoms with E-state index in [1.54, 1.807) is 0 Å². The van der Waals surface area contributed by atoms with Gasteiger partial charge >= 0.3 is 0 Å². The summed E-state index contributed by atoms with van der Waals surface area (Å²) in [5, 5.41) is 9.93. The lowest BCUT2D eigenvalue weighted by atomic mass is 9.86. The van der Waals surface area contributed by atoms with E-state index in [9.17, 15) is 0 Å². The van der Waals surface area contributed by atoms with Crippen molar-refractivity contribution in [1.82, 2.24) is 15.0 Å². The maximum absolute atomic E-state index is 4.61.